The van der Waals surface area contributed by atoms with Gasteiger partial charge in [0.05, 0.1) is 36.5 Å². The first-order valence-electron chi connectivity index (χ1n) is 15.0. The fraction of sp³-hybridized carbons (Fsp3) is 0.750. The van der Waals surface area contributed by atoms with Gasteiger partial charge < -0.3 is 24.8 Å². The zero-order valence-corrected chi connectivity index (χ0v) is 28.9. The van der Waals surface area contributed by atoms with Crippen molar-refractivity contribution in [3.05, 3.63) is 10.4 Å². The highest BCUT2D eigenvalue weighted by Gasteiger charge is 2.41. The van der Waals surface area contributed by atoms with Crippen LogP contribution in [0.25, 0.3) is 10.4 Å². The van der Waals surface area contributed by atoms with Gasteiger partial charge in [-0.2, -0.15) is 0 Å². The Bertz CT molecular complexity index is 1210. The number of carbonyl (C=O) groups excluding carboxylic acids is 6. The number of terminal acetylenes is 1. The number of Topliss-reactive ketones (excluding diaryl/α,β-unsaturated/α-hetero) is 2. The molecule has 14 heteroatoms. The molecule has 0 rings (SSSR count). The van der Waals surface area contributed by atoms with E-state index in [1.54, 1.807) is 20.8 Å². The van der Waals surface area contributed by atoms with E-state index >= 15 is 0 Å². The lowest BCUT2D eigenvalue weighted by molar-refractivity contribution is -0.157. The molecule has 2 amide bonds. The molecule has 0 unspecified atom stereocenters. The van der Waals surface area contributed by atoms with Crippen LogP contribution in [0.2, 0.25) is 0 Å². The zero-order valence-electron chi connectivity index (χ0n) is 28.9. The molecule has 0 heterocycles. The highest BCUT2D eigenvalue weighted by Crippen LogP contribution is 2.27. The van der Waals surface area contributed by atoms with Gasteiger partial charge in [0.1, 0.15) is 18.2 Å². The minimum Gasteiger partial charge on any atom is -0.469 e. The van der Waals surface area contributed by atoms with Crippen LogP contribution in [0.4, 0.5) is 0 Å². The van der Waals surface area contributed by atoms with E-state index in [0.29, 0.717) is 6.42 Å². The molecule has 0 spiro atoms. The maximum atomic E-state index is 13.5. The van der Waals surface area contributed by atoms with Crippen LogP contribution >= 0.6 is 0 Å². The molecule has 0 aliphatic rings. The van der Waals surface area contributed by atoms with E-state index in [1.165, 1.54) is 48.7 Å². The van der Waals surface area contributed by atoms with E-state index in [0.717, 1.165) is 0 Å². The second-order valence-corrected chi connectivity index (χ2v) is 13.9. The lowest BCUT2D eigenvalue weighted by atomic mass is 9.80. The molecule has 2 atom stereocenters. The molecule has 0 aromatic heterocycles. The number of rotatable bonds is 20. The van der Waals surface area contributed by atoms with Crippen molar-refractivity contribution in [3.63, 3.8) is 0 Å². The molecule has 0 aliphatic carbocycles. The Hall–Kier alpha value is -3.95. The Labute approximate surface area is 272 Å². The maximum absolute atomic E-state index is 13.5. The summed E-state index contributed by atoms with van der Waals surface area (Å²) in [5.74, 6) is -1.97. The van der Waals surface area contributed by atoms with Gasteiger partial charge in [0.15, 0.2) is 11.6 Å². The van der Waals surface area contributed by atoms with E-state index in [9.17, 15) is 28.8 Å². The van der Waals surface area contributed by atoms with Crippen molar-refractivity contribution in [1.29, 1.82) is 0 Å². The Morgan fingerprint density at radius 3 is 2.09 bits per heavy atom. The molecule has 0 radical (unpaired) electrons. The number of nitrogens with zero attached hydrogens (tertiary/aromatic N) is 3. The fourth-order valence-corrected chi connectivity index (χ4v) is 4.26. The van der Waals surface area contributed by atoms with Gasteiger partial charge in [0.25, 0.3) is 0 Å². The highest BCUT2D eigenvalue weighted by atomic mass is 16.6. The third kappa shape index (κ3) is 15.4. The van der Waals surface area contributed by atoms with Gasteiger partial charge in [-0.25, -0.2) is 0 Å². The Kier molecular flexibility index (Phi) is 16.7. The van der Waals surface area contributed by atoms with E-state index in [2.05, 4.69) is 26.6 Å². The van der Waals surface area contributed by atoms with Crippen molar-refractivity contribution >= 4 is 35.3 Å². The van der Waals surface area contributed by atoms with Crippen molar-refractivity contribution < 1.29 is 43.0 Å². The number of amides is 2. The number of hydrogen-bond donors (Lipinski definition) is 2. The number of ether oxygens (including phenoxy) is 3. The lowest BCUT2D eigenvalue weighted by Crippen LogP contribution is -2.55. The number of carbonyl (C=O) groups is 6. The van der Waals surface area contributed by atoms with Crippen LogP contribution in [-0.4, -0.2) is 79.4 Å². The number of ketones is 2. The van der Waals surface area contributed by atoms with Crippen LogP contribution in [0.15, 0.2) is 5.11 Å². The molecular weight excluding hydrogens is 598 g/mol. The van der Waals surface area contributed by atoms with Crippen LogP contribution in [0.3, 0.4) is 0 Å². The van der Waals surface area contributed by atoms with Crippen LogP contribution in [0.1, 0.15) is 94.4 Å². The van der Waals surface area contributed by atoms with Crippen LogP contribution < -0.4 is 10.6 Å². The number of methoxy groups -OCH3 is 1. The van der Waals surface area contributed by atoms with Gasteiger partial charge in [-0.3, -0.25) is 28.8 Å². The minimum atomic E-state index is -1.44. The molecule has 0 fully saturated rings. The smallest absolute Gasteiger partial charge is 0.311 e. The van der Waals surface area contributed by atoms with Crippen molar-refractivity contribution in [2.45, 2.75) is 112 Å². The number of azide groups is 1. The number of hydrogen-bond acceptors (Lipinski definition) is 10. The first kappa shape index (κ1) is 42.0. The summed E-state index contributed by atoms with van der Waals surface area (Å²) in [5.41, 5.74) is 3.83. The third-order valence-electron chi connectivity index (χ3n) is 6.95. The SMILES string of the molecule is C#CCOC[C@H](NC(=O)C(C)(C)CC(=O)C(C)(C)NC(=O)[C@H](CCCN=[N+]=[N-])CC(=O)OC(C)(C)C)C(=O)CC(C)(C)C(=O)OC. The molecule has 0 aromatic rings. The topological polar surface area (TPSA) is 203 Å². The Morgan fingerprint density at radius 1 is 0.957 bits per heavy atom. The van der Waals surface area contributed by atoms with Crippen molar-refractivity contribution in [2.24, 2.45) is 21.9 Å². The van der Waals surface area contributed by atoms with E-state index < -0.39 is 69.2 Å². The van der Waals surface area contributed by atoms with Gasteiger partial charge in [0, 0.05) is 30.2 Å². The average Bonchev–Trinajstić information content (AvgIpc) is 2.91. The average molecular weight is 650 g/mol. The second-order valence-electron chi connectivity index (χ2n) is 13.9. The summed E-state index contributed by atoms with van der Waals surface area (Å²) < 4.78 is 15.5. The summed E-state index contributed by atoms with van der Waals surface area (Å²) in [6.45, 7) is 13.9. The summed E-state index contributed by atoms with van der Waals surface area (Å²) >= 11 is 0. The third-order valence-corrected chi connectivity index (χ3v) is 6.95. The monoisotopic (exact) mass is 649 g/mol. The normalized spacial score (nSPS) is 13.2. The molecule has 0 aromatic carbocycles. The van der Waals surface area contributed by atoms with Crippen molar-refractivity contribution in [1.82, 2.24) is 10.6 Å². The molecule has 0 aliphatic heterocycles. The van der Waals surface area contributed by atoms with Crippen molar-refractivity contribution in [2.75, 3.05) is 26.9 Å². The molecule has 14 nitrogen and oxygen atoms in total. The standard InChI is InChI=1S/C32H51N5O9/c1-12-16-45-20-22(23(38)18-31(7,8)28(43)44-11)35-27(42)30(5,6)19-24(39)32(9,10)36-26(41)21(14-13-15-34-37-33)17-25(40)46-29(2,3)4/h1,21-22H,13-20H2,2-11H3,(H,35,42)(H,36,41)/t21-,22+/m1/s1. The van der Waals surface area contributed by atoms with Crippen LogP contribution in [0, 0.1) is 29.1 Å². The summed E-state index contributed by atoms with van der Waals surface area (Å²) in [7, 11) is 1.21. The van der Waals surface area contributed by atoms with Gasteiger partial charge in [-0.15, -0.1) is 6.42 Å². The largest absolute Gasteiger partial charge is 0.469 e. The molecule has 46 heavy (non-hydrogen) atoms. The van der Waals surface area contributed by atoms with Crippen LogP contribution in [-0.2, 0) is 43.0 Å². The van der Waals surface area contributed by atoms with E-state index in [-0.39, 0.29) is 45.4 Å². The van der Waals surface area contributed by atoms with E-state index in [4.69, 9.17) is 26.2 Å². The lowest BCUT2D eigenvalue weighted by Gasteiger charge is -2.32. The summed E-state index contributed by atoms with van der Waals surface area (Å²) in [4.78, 5) is 80.6. The molecule has 0 bridgehead atoms. The molecule has 258 valence electrons. The van der Waals surface area contributed by atoms with Gasteiger partial charge in [-0.05, 0) is 66.8 Å². The minimum absolute atomic E-state index is 0.115. The van der Waals surface area contributed by atoms with Crippen LogP contribution in [0.5, 0.6) is 0 Å². The predicted octanol–water partition coefficient (Wildman–Crippen LogP) is 3.60. The zero-order chi connectivity index (χ0) is 35.9. The molecular formula is C32H51N5O9. The predicted molar refractivity (Wildman–Crippen MR) is 170 cm³/mol. The summed E-state index contributed by atoms with van der Waals surface area (Å²) in [5, 5.41) is 8.78. The first-order chi connectivity index (χ1) is 21.0. The quantitative estimate of drug-likeness (QED) is 0.0493. The van der Waals surface area contributed by atoms with Gasteiger partial charge >= 0.3 is 11.9 Å². The molecule has 2 N–H and O–H groups in total. The highest BCUT2D eigenvalue weighted by molar-refractivity contribution is 5.98. The fourth-order valence-electron chi connectivity index (χ4n) is 4.26. The second kappa shape index (κ2) is 18.3. The molecule has 0 saturated carbocycles. The first-order valence-corrected chi connectivity index (χ1v) is 15.0. The summed E-state index contributed by atoms with van der Waals surface area (Å²) in [6.07, 6.45) is 4.94. The number of nitrogens with one attached hydrogen (secondary N) is 2. The maximum Gasteiger partial charge on any atom is 0.311 e. The van der Waals surface area contributed by atoms with Gasteiger partial charge in [0.2, 0.25) is 11.8 Å². The number of esters is 2. The Morgan fingerprint density at radius 2 is 1.57 bits per heavy atom. The van der Waals surface area contributed by atoms with E-state index in [1.807, 2.05) is 0 Å². The van der Waals surface area contributed by atoms with Gasteiger partial charge in [-0.1, -0.05) is 24.9 Å². The van der Waals surface area contributed by atoms with Crippen molar-refractivity contribution in [3.8, 4) is 12.3 Å². The summed E-state index contributed by atoms with van der Waals surface area (Å²) in [6, 6.07) is -1.16. The molecule has 0 saturated heterocycles. The Balaban J connectivity index is 5.77.